The van der Waals surface area contributed by atoms with Crippen molar-refractivity contribution < 1.29 is 4.74 Å². The number of unbranched alkanes of at least 4 members (excludes halogenated alkanes) is 1. The molecule has 3 nitrogen and oxygen atoms in total. The molecule has 0 aliphatic carbocycles. The van der Waals surface area contributed by atoms with Crippen LogP contribution in [0.3, 0.4) is 0 Å². The van der Waals surface area contributed by atoms with Gasteiger partial charge in [-0.3, -0.25) is 0 Å². The molecule has 2 aromatic carbocycles. The van der Waals surface area contributed by atoms with Crippen LogP contribution in [0.5, 0.6) is 11.5 Å². The normalized spacial score (nSPS) is 13.0. The SMILES string of the molecule is CCC/C=c1/cc2c(cc1C)=Nc1cc(C)c(NC)cc1O2. The van der Waals surface area contributed by atoms with Crippen LogP contribution in [0.2, 0.25) is 0 Å². The highest BCUT2D eigenvalue weighted by atomic mass is 16.5. The predicted molar refractivity (Wildman–Crippen MR) is 91.8 cm³/mol. The van der Waals surface area contributed by atoms with Crippen molar-refractivity contribution in [2.45, 2.75) is 33.6 Å². The van der Waals surface area contributed by atoms with Crippen molar-refractivity contribution in [3.05, 3.63) is 46.0 Å². The van der Waals surface area contributed by atoms with Crippen LogP contribution in [0.15, 0.2) is 29.3 Å². The van der Waals surface area contributed by atoms with Crippen molar-refractivity contribution in [3.63, 3.8) is 0 Å². The standard InChI is InChI=1S/C19H22N2O/c1-5-6-7-14-10-18-16(8-12(14)2)21-17-9-13(3)15(20-4)11-19(17)22-18/h7-11,20H,5-6H2,1-4H3/b14-7-. The molecule has 3 rings (SSSR count). The van der Waals surface area contributed by atoms with E-state index in [9.17, 15) is 0 Å². The average Bonchev–Trinajstić information content (AvgIpc) is 2.50. The van der Waals surface area contributed by atoms with Crippen molar-refractivity contribution in [1.29, 1.82) is 0 Å². The fourth-order valence-corrected chi connectivity index (χ4v) is 2.74. The smallest absolute Gasteiger partial charge is 0.155 e. The van der Waals surface area contributed by atoms with Gasteiger partial charge in [-0.15, -0.1) is 0 Å². The van der Waals surface area contributed by atoms with E-state index in [1.54, 1.807) is 0 Å². The quantitative estimate of drug-likeness (QED) is 0.792. The molecule has 3 heteroatoms. The molecular formula is C19H22N2O. The van der Waals surface area contributed by atoms with Crippen LogP contribution in [-0.2, 0) is 0 Å². The first-order chi connectivity index (χ1) is 10.6. The summed E-state index contributed by atoms with van der Waals surface area (Å²) in [6, 6.07) is 8.30. The van der Waals surface area contributed by atoms with Gasteiger partial charge < -0.3 is 10.1 Å². The van der Waals surface area contributed by atoms with E-state index < -0.39 is 0 Å². The summed E-state index contributed by atoms with van der Waals surface area (Å²) in [5.41, 5.74) is 4.38. The summed E-state index contributed by atoms with van der Waals surface area (Å²) in [6.07, 6.45) is 4.49. The first-order valence-electron chi connectivity index (χ1n) is 7.82. The first-order valence-corrected chi connectivity index (χ1v) is 7.82. The second-order valence-electron chi connectivity index (χ2n) is 5.77. The van der Waals surface area contributed by atoms with Gasteiger partial charge in [0.05, 0.1) is 0 Å². The third-order valence-corrected chi connectivity index (χ3v) is 4.04. The van der Waals surface area contributed by atoms with Gasteiger partial charge in [-0.1, -0.05) is 19.4 Å². The highest BCUT2D eigenvalue weighted by molar-refractivity contribution is 5.67. The Labute approximate surface area is 131 Å². The Balaban J connectivity index is 2.15. The topological polar surface area (TPSA) is 33.6 Å². The van der Waals surface area contributed by atoms with E-state index in [1.165, 1.54) is 16.3 Å². The van der Waals surface area contributed by atoms with Crippen molar-refractivity contribution in [3.8, 4) is 11.5 Å². The van der Waals surface area contributed by atoms with E-state index in [2.05, 4.69) is 50.4 Å². The summed E-state index contributed by atoms with van der Waals surface area (Å²) in [7, 11) is 1.92. The van der Waals surface area contributed by atoms with E-state index in [1.807, 2.05) is 13.1 Å². The lowest BCUT2D eigenvalue weighted by molar-refractivity contribution is 0.469. The third-order valence-electron chi connectivity index (χ3n) is 4.04. The van der Waals surface area contributed by atoms with Gasteiger partial charge in [-0.25, -0.2) is 4.99 Å². The number of anilines is 1. The first kappa shape index (κ1) is 14.6. The van der Waals surface area contributed by atoms with Gasteiger partial charge in [-0.2, -0.15) is 0 Å². The maximum absolute atomic E-state index is 6.10. The molecule has 0 aromatic heterocycles. The van der Waals surface area contributed by atoms with Crippen LogP contribution >= 0.6 is 0 Å². The number of aryl methyl sites for hydroxylation is 2. The van der Waals surface area contributed by atoms with E-state index in [0.717, 1.165) is 41.1 Å². The Hall–Kier alpha value is -2.29. The molecular weight excluding hydrogens is 272 g/mol. The fraction of sp³-hybridized carbons (Fsp3) is 0.316. The zero-order valence-corrected chi connectivity index (χ0v) is 13.7. The van der Waals surface area contributed by atoms with E-state index in [-0.39, 0.29) is 0 Å². The minimum absolute atomic E-state index is 0.813. The molecule has 22 heavy (non-hydrogen) atoms. The molecule has 2 aromatic rings. The second kappa shape index (κ2) is 5.84. The van der Waals surface area contributed by atoms with Crippen molar-refractivity contribution in [2.24, 2.45) is 4.99 Å². The van der Waals surface area contributed by atoms with Gasteiger partial charge in [-0.05, 0) is 54.8 Å². The van der Waals surface area contributed by atoms with Gasteiger partial charge >= 0.3 is 0 Å². The van der Waals surface area contributed by atoms with Crippen LogP contribution in [0.4, 0.5) is 11.4 Å². The average molecular weight is 294 g/mol. The van der Waals surface area contributed by atoms with Crippen molar-refractivity contribution in [2.75, 3.05) is 12.4 Å². The van der Waals surface area contributed by atoms with Crippen molar-refractivity contribution in [1.82, 2.24) is 0 Å². The molecule has 0 unspecified atom stereocenters. The zero-order chi connectivity index (χ0) is 15.7. The Morgan fingerprint density at radius 1 is 1.09 bits per heavy atom. The number of benzene rings is 2. The summed E-state index contributed by atoms with van der Waals surface area (Å²) in [6.45, 7) is 6.39. The van der Waals surface area contributed by atoms with Gasteiger partial charge in [0, 0.05) is 18.8 Å². The number of hydrogen-bond acceptors (Lipinski definition) is 3. The molecule has 1 aliphatic rings. The summed E-state index contributed by atoms with van der Waals surface area (Å²) in [5, 5.41) is 5.34. The minimum Gasteiger partial charge on any atom is -0.453 e. The number of nitrogens with zero attached hydrogens (tertiary/aromatic N) is 1. The lowest BCUT2D eigenvalue weighted by atomic mass is 10.1. The third kappa shape index (κ3) is 2.59. The van der Waals surface area contributed by atoms with Crippen LogP contribution in [0.25, 0.3) is 6.08 Å². The number of hydrogen-bond donors (Lipinski definition) is 1. The molecule has 0 saturated heterocycles. The number of nitrogens with one attached hydrogen (secondary N) is 1. The molecule has 1 heterocycles. The number of fused-ring (bicyclic) bond motifs is 2. The lowest BCUT2D eigenvalue weighted by Gasteiger charge is -2.17. The Morgan fingerprint density at radius 2 is 1.91 bits per heavy atom. The molecule has 114 valence electrons. The maximum atomic E-state index is 6.10. The molecule has 0 radical (unpaired) electrons. The van der Waals surface area contributed by atoms with E-state index >= 15 is 0 Å². The summed E-state index contributed by atoms with van der Waals surface area (Å²) < 4.78 is 6.10. The van der Waals surface area contributed by atoms with Crippen LogP contribution < -0.4 is 20.6 Å². The fourth-order valence-electron chi connectivity index (χ4n) is 2.74. The monoisotopic (exact) mass is 294 g/mol. The number of ether oxygens (including phenoxy) is 1. The molecule has 1 aliphatic heterocycles. The maximum Gasteiger partial charge on any atom is 0.155 e. The van der Waals surface area contributed by atoms with Crippen LogP contribution in [-0.4, -0.2) is 7.05 Å². The van der Waals surface area contributed by atoms with E-state index in [0.29, 0.717) is 0 Å². The minimum atomic E-state index is 0.813. The summed E-state index contributed by atoms with van der Waals surface area (Å²) in [5.74, 6) is 1.65. The van der Waals surface area contributed by atoms with E-state index in [4.69, 9.17) is 9.73 Å². The summed E-state index contributed by atoms with van der Waals surface area (Å²) >= 11 is 0. The van der Waals surface area contributed by atoms with Crippen LogP contribution in [0.1, 0.15) is 30.9 Å². The highest BCUT2D eigenvalue weighted by Gasteiger charge is 2.14. The predicted octanol–water partition coefficient (Wildman–Crippen LogP) is 3.98. The molecule has 0 bridgehead atoms. The van der Waals surface area contributed by atoms with Crippen molar-refractivity contribution >= 4 is 17.5 Å². The van der Waals surface area contributed by atoms with Gasteiger partial charge in [0.15, 0.2) is 11.5 Å². The molecule has 0 spiro atoms. The lowest BCUT2D eigenvalue weighted by Crippen LogP contribution is -2.17. The Bertz CT molecular complexity index is 837. The largest absolute Gasteiger partial charge is 0.453 e. The second-order valence-corrected chi connectivity index (χ2v) is 5.77. The molecule has 0 atom stereocenters. The molecule has 0 amide bonds. The summed E-state index contributed by atoms with van der Waals surface area (Å²) in [4.78, 5) is 4.76. The van der Waals surface area contributed by atoms with Crippen LogP contribution in [0, 0.1) is 13.8 Å². The van der Waals surface area contributed by atoms with Gasteiger partial charge in [0.1, 0.15) is 11.0 Å². The molecule has 1 N–H and O–H groups in total. The van der Waals surface area contributed by atoms with Gasteiger partial charge in [0.25, 0.3) is 0 Å². The zero-order valence-electron chi connectivity index (χ0n) is 13.7. The highest BCUT2D eigenvalue weighted by Crippen LogP contribution is 2.37. The molecule has 0 saturated carbocycles. The molecule has 0 fully saturated rings. The Morgan fingerprint density at radius 3 is 2.64 bits per heavy atom. The Kier molecular flexibility index (Phi) is 3.88. The number of rotatable bonds is 3. The van der Waals surface area contributed by atoms with Gasteiger partial charge in [0.2, 0.25) is 0 Å².